The number of halogens is 2. The van der Waals surface area contributed by atoms with E-state index in [-0.39, 0.29) is 0 Å². The fourth-order valence-electron chi connectivity index (χ4n) is 1.33. The minimum Gasteiger partial charge on any atom is -0.384 e. The first-order chi connectivity index (χ1) is 7.18. The monoisotopic (exact) mass is 302 g/mol. The molecule has 0 spiro atoms. The Hall–Kier alpha value is -0.350. The molecule has 2 rings (SSSR count). The molecule has 1 heterocycles. The molecule has 1 nitrogen and oxygen atoms in total. The second kappa shape index (κ2) is 4.66. The number of aliphatic hydroxyl groups is 1. The van der Waals surface area contributed by atoms with Gasteiger partial charge in [0.15, 0.2) is 0 Å². The number of hydrogen-bond donors (Lipinski definition) is 1. The summed E-state index contributed by atoms with van der Waals surface area (Å²) in [6.45, 7) is 0. The van der Waals surface area contributed by atoms with Gasteiger partial charge in [-0.15, -0.1) is 0 Å². The molecule has 1 aromatic carbocycles. The van der Waals surface area contributed by atoms with Crippen molar-refractivity contribution < 1.29 is 5.11 Å². The highest BCUT2D eigenvalue weighted by Crippen LogP contribution is 2.31. The van der Waals surface area contributed by atoms with Crippen LogP contribution >= 0.6 is 38.9 Å². The molecule has 78 valence electrons. The van der Waals surface area contributed by atoms with Crippen LogP contribution in [0.15, 0.2) is 39.5 Å². The third-order valence-electron chi connectivity index (χ3n) is 2.11. The lowest BCUT2D eigenvalue weighted by atomic mass is 10.0. The van der Waals surface area contributed by atoms with Gasteiger partial charge in [0, 0.05) is 15.1 Å². The van der Waals surface area contributed by atoms with Crippen LogP contribution in [-0.2, 0) is 0 Å². The van der Waals surface area contributed by atoms with Gasteiger partial charge >= 0.3 is 0 Å². The van der Waals surface area contributed by atoms with Gasteiger partial charge in [0.05, 0.1) is 0 Å². The molecule has 0 radical (unpaired) electrons. The Morgan fingerprint density at radius 3 is 2.80 bits per heavy atom. The SMILES string of the molecule is OC(c1ccsc1)c1cc(Br)ccc1Cl. The fourth-order valence-corrected chi connectivity index (χ4v) is 2.61. The van der Waals surface area contributed by atoms with Crippen molar-refractivity contribution in [2.45, 2.75) is 6.10 Å². The third kappa shape index (κ3) is 2.42. The average Bonchev–Trinajstić information content (AvgIpc) is 2.74. The molecule has 1 atom stereocenters. The molecule has 0 bridgehead atoms. The van der Waals surface area contributed by atoms with Crippen molar-refractivity contribution in [1.82, 2.24) is 0 Å². The number of hydrogen-bond acceptors (Lipinski definition) is 2. The molecule has 1 unspecified atom stereocenters. The zero-order chi connectivity index (χ0) is 10.8. The first kappa shape index (κ1) is 11.1. The van der Waals surface area contributed by atoms with Crippen LogP contribution in [0.3, 0.4) is 0 Å². The first-order valence-electron chi connectivity index (χ1n) is 4.33. The zero-order valence-corrected chi connectivity index (χ0v) is 10.8. The van der Waals surface area contributed by atoms with Gasteiger partial charge in [0.25, 0.3) is 0 Å². The predicted octanol–water partition coefficient (Wildman–Crippen LogP) is 4.25. The minimum absolute atomic E-state index is 0.580. The van der Waals surface area contributed by atoms with E-state index >= 15 is 0 Å². The molecule has 0 aliphatic carbocycles. The summed E-state index contributed by atoms with van der Waals surface area (Å²) in [6, 6.07) is 7.36. The van der Waals surface area contributed by atoms with Gasteiger partial charge < -0.3 is 5.11 Å². The first-order valence-corrected chi connectivity index (χ1v) is 6.45. The zero-order valence-electron chi connectivity index (χ0n) is 7.65. The standard InChI is InChI=1S/C11H8BrClOS/c12-8-1-2-10(13)9(5-8)11(14)7-3-4-15-6-7/h1-6,11,14H. The third-order valence-corrected chi connectivity index (χ3v) is 3.65. The molecule has 2 aromatic rings. The molecular formula is C11H8BrClOS. The Labute approximate surface area is 105 Å². The number of benzene rings is 1. The largest absolute Gasteiger partial charge is 0.384 e. The van der Waals surface area contributed by atoms with Crippen LogP contribution in [0.4, 0.5) is 0 Å². The normalized spacial score (nSPS) is 12.7. The predicted molar refractivity (Wildman–Crippen MR) is 67.5 cm³/mol. The van der Waals surface area contributed by atoms with Gasteiger partial charge in [-0.3, -0.25) is 0 Å². The average molecular weight is 304 g/mol. The van der Waals surface area contributed by atoms with Crippen molar-refractivity contribution in [2.24, 2.45) is 0 Å². The van der Waals surface area contributed by atoms with Crippen LogP contribution in [0, 0.1) is 0 Å². The van der Waals surface area contributed by atoms with Crippen LogP contribution in [0.1, 0.15) is 17.2 Å². The van der Waals surface area contributed by atoms with Gasteiger partial charge in [-0.05, 0) is 40.6 Å². The maximum atomic E-state index is 10.1. The highest BCUT2D eigenvalue weighted by molar-refractivity contribution is 9.10. The van der Waals surface area contributed by atoms with Crippen molar-refractivity contribution in [3.63, 3.8) is 0 Å². The lowest BCUT2D eigenvalue weighted by Crippen LogP contribution is -1.98. The molecule has 4 heteroatoms. The number of thiophene rings is 1. The van der Waals surface area contributed by atoms with Crippen molar-refractivity contribution in [3.05, 3.63) is 55.6 Å². The van der Waals surface area contributed by atoms with E-state index in [1.165, 1.54) is 0 Å². The maximum absolute atomic E-state index is 10.1. The summed E-state index contributed by atoms with van der Waals surface area (Å²) < 4.78 is 0.913. The van der Waals surface area contributed by atoms with Crippen molar-refractivity contribution in [3.8, 4) is 0 Å². The molecule has 15 heavy (non-hydrogen) atoms. The van der Waals surface area contributed by atoms with E-state index in [2.05, 4.69) is 15.9 Å². The Balaban J connectivity index is 2.41. The van der Waals surface area contributed by atoms with Gasteiger partial charge in [0.1, 0.15) is 6.10 Å². The quantitative estimate of drug-likeness (QED) is 0.879. The summed E-state index contributed by atoms with van der Waals surface area (Å²) in [7, 11) is 0. The molecule has 1 aromatic heterocycles. The highest BCUT2D eigenvalue weighted by atomic mass is 79.9. The van der Waals surface area contributed by atoms with Crippen molar-refractivity contribution in [1.29, 1.82) is 0 Å². The van der Waals surface area contributed by atoms with Crippen molar-refractivity contribution >= 4 is 38.9 Å². The minimum atomic E-state index is -0.652. The van der Waals surface area contributed by atoms with Crippen LogP contribution in [-0.4, -0.2) is 5.11 Å². The summed E-state index contributed by atoms with van der Waals surface area (Å²) >= 11 is 10.9. The second-order valence-corrected chi connectivity index (χ2v) is 5.23. The fraction of sp³-hybridized carbons (Fsp3) is 0.0909. The Kier molecular flexibility index (Phi) is 3.46. The molecular weight excluding hydrogens is 296 g/mol. The lowest BCUT2D eigenvalue weighted by Gasteiger charge is -2.11. The Morgan fingerprint density at radius 2 is 2.13 bits per heavy atom. The smallest absolute Gasteiger partial charge is 0.106 e. The molecule has 0 fully saturated rings. The molecule has 1 N–H and O–H groups in total. The van der Waals surface area contributed by atoms with Crippen LogP contribution in [0.5, 0.6) is 0 Å². The summed E-state index contributed by atoms with van der Waals surface area (Å²) in [6.07, 6.45) is -0.652. The summed E-state index contributed by atoms with van der Waals surface area (Å²) in [5.74, 6) is 0. The van der Waals surface area contributed by atoms with Gasteiger partial charge in [-0.1, -0.05) is 27.5 Å². The second-order valence-electron chi connectivity index (χ2n) is 3.13. The molecule has 0 saturated carbocycles. The van der Waals surface area contributed by atoms with Crippen LogP contribution < -0.4 is 0 Å². The molecule has 0 aliphatic heterocycles. The van der Waals surface area contributed by atoms with E-state index in [1.54, 1.807) is 17.4 Å². The topological polar surface area (TPSA) is 20.2 Å². The maximum Gasteiger partial charge on any atom is 0.106 e. The van der Waals surface area contributed by atoms with E-state index in [0.717, 1.165) is 15.6 Å². The molecule has 0 amide bonds. The van der Waals surface area contributed by atoms with Gasteiger partial charge in [0.2, 0.25) is 0 Å². The lowest BCUT2D eigenvalue weighted by molar-refractivity contribution is 0.221. The van der Waals surface area contributed by atoms with E-state index < -0.39 is 6.10 Å². The van der Waals surface area contributed by atoms with Crippen molar-refractivity contribution in [2.75, 3.05) is 0 Å². The van der Waals surface area contributed by atoms with E-state index in [9.17, 15) is 5.11 Å². The number of aliphatic hydroxyl groups excluding tert-OH is 1. The Morgan fingerprint density at radius 1 is 1.33 bits per heavy atom. The highest BCUT2D eigenvalue weighted by Gasteiger charge is 2.14. The summed E-state index contributed by atoms with van der Waals surface area (Å²) in [4.78, 5) is 0. The van der Waals surface area contributed by atoms with Crippen LogP contribution in [0.2, 0.25) is 5.02 Å². The summed E-state index contributed by atoms with van der Waals surface area (Å²) in [5.41, 5.74) is 1.60. The summed E-state index contributed by atoms with van der Waals surface area (Å²) in [5, 5.41) is 14.5. The van der Waals surface area contributed by atoms with E-state index in [0.29, 0.717) is 5.02 Å². The molecule has 0 aliphatic rings. The van der Waals surface area contributed by atoms with Gasteiger partial charge in [-0.25, -0.2) is 0 Å². The number of rotatable bonds is 2. The Bertz CT molecular complexity index is 456. The van der Waals surface area contributed by atoms with E-state index in [1.807, 2.05) is 29.0 Å². The van der Waals surface area contributed by atoms with Gasteiger partial charge in [-0.2, -0.15) is 11.3 Å². The van der Waals surface area contributed by atoms with Crippen LogP contribution in [0.25, 0.3) is 0 Å². The van der Waals surface area contributed by atoms with E-state index in [4.69, 9.17) is 11.6 Å². The molecule has 0 saturated heterocycles.